The fourth-order valence-electron chi connectivity index (χ4n) is 2.19. The van der Waals surface area contributed by atoms with E-state index in [0.717, 1.165) is 15.8 Å². The lowest BCUT2D eigenvalue weighted by Gasteiger charge is -2.19. The Hall–Kier alpha value is -1.36. The standard InChI is InChI=1S/C17H20BrNO2/c1-12(15-8-3-4-9-16(15)18)19-11-17(20)13-6-5-7-14(10-13)21-2/h3-10,12,17,19-20H,11H2,1-2H3/t12-,17?/m1/s1. The Bertz CT molecular complexity index is 589. The van der Waals surface area contributed by atoms with Gasteiger partial charge in [0.25, 0.3) is 0 Å². The van der Waals surface area contributed by atoms with E-state index in [0.29, 0.717) is 6.54 Å². The van der Waals surface area contributed by atoms with Gasteiger partial charge in [0.2, 0.25) is 0 Å². The van der Waals surface area contributed by atoms with Crippen molar-refractivity contribution in [1.82, 2.24) is 5.32 Å². The normalized spacial score (nSPS) is 13.7. The molecule has 2 aromatic rings. The Balaban J connectivity index is 1.97. The fraction of sp³-hybridized carbons (Fsp3) is 0.294. The summed E-state index contributed by atoms with van der Waals surface area (Å²) in [7, 11) is 1.62. The van der Waals surface area contributed by atoms with Gasteiger partial charge in [0.1, 0.15) is 5.75 Å². The third-order valence-electron chi connectivity index (χ3n) is 3.47. The minimum absolute atomic E-state index is 0.154. The number of rotatable bonds is 6. The summed E-state index contributed by atoms with van der Waals surface area (Å²) in [5, 5.41) is 13.6. The van der Waals surface area contributed by atoms with Crippen LogP contribution in [0.2, 0.25) is 0 Å². The van der Waals surface area contributed by atoms with Gasteiger partial charge in [-0.15, -0.1) is 0 Å². The van der Waals surface area contributed by atoms with Gasteiger partial charge in [-0.05, 0) is 36.2 Å². The second-order valence-corrected chi connectivity index (χ2v) is 5.80. The van der Waals surface area contributed by atoms with Crippen LogP contribution in [0.1, 0.15) is 30.2 Å². The Morgan fingerprint density at radius 1 is 1.19 bits per heavy atom. The Morgan fingerprint density at radius 2 is 1.95 bits per heavy atom. The molecule has 3 nitrogen and oxygen atoms in total. The highest BCUT2D eigenvalue weighted by Crippen LogP contribution is 2.24. The van der Waals surface area contributed by atoms with Crippen LogP contribution in [0.25, 0.3) is 0 Å². The summed E-state index contributed by atoms with van der Waals surface area (Å²) in [5.41, 5.74) is 2.02. The van der Waals surface area contributed by atoms with Gasteiger partial charge < -0.3 is 15.2 Å². The molecule has 2 atom stereocenters. The van der Waals surface area contributed by atoms with Crippen molar-refractivity contribution in [2.45, 2.75) is 19.1 Å². The summed E-state index contributed by atoms with van der Waals surface area (Å²) >= 11 is 3.55. The van der Waals surface area contributed by atoms with E-state index in [1.165, 1.54) is 5.56 Å². The van der Waals surface area contributed by atoms with Gasteiger partial charge in [-0.1, -0.05) is 46.3 Å². The first-order valence-corrected chi connectivity index (χ1v) is 7.71. The largest absolute Gasteiger partial charge is 0.497 e. The predicted molar refractivity (Wildman–Crippen MR) is 88.5 cm³/mol. The number of ether oxygens (including phenoxy) is 1. The van der Waals surface area contributed by atoms with E-state index in [2.05, 4.69) is 34.2 Å². The van der Waals surface area contributed by atoms with Crippen molar-refractivity contribution in [2.75, 3.05) is 13.7 Å². The minimum Gasteiger partial charge on any atom is -0.497 e. The number of benzene rings is 2. The van der Waals surface area contributed by atoms with Gasteiger partial charge in [0.15, 0.2) is 0 Å². The number of halogens is 1. The van der Waals surface area contributed by atoms with Crippen LogP contribution in [0.5, 0.6) is 5.75 Å². The quantitative estimate of drug-likeness (QED) is 0.832. The maximum atomic E-state index is 10.3. The van der Waals surface area contributed by atoms with Crippen LogP contribution in [-0.2, 0) is 0 Å². The SMILES string of the molecule is COc1cccc(C(O)CN[C@H](C)c2ccccc2Br)c1. The molecule has 0 heterocycles. The number of hydrogen-bond acceptors (Lipinski definition) is 3. The lowest BCUT2D eigenvalue weighted by Crippen LogP contribution is -2.24. The van der Waals surface area contributed by atoms with Crippen LogP contribution >= 0.6 is 15.9 Å². The molecule has 0 bridgehead atoms. The molecule has 1 unspecified atom stereocenters. The highest BCUT2D eigenvalue weighted by Gasteiger charge is 2.12. The molecule has 0 amide bonds. The molecule has 0 spiro atoms. The van der Waals surface area contributed by atoms with Crippen LogP contribution in [0.4, 0.5) is 0 Å². The zero-order chi connectivity index (χ0) is 15.2. The molecule has 0 radical (unpaired) electrons. The molecule has 112 valence electrons. The summed E-state index contributed by atoms with van der Waals surface area (Å²) in [6.07, 6.45) is -0.565. The van der Waals surface area contributed by atoms with Crippen LogP contribution < -0.4 is 10.1 Å². The van der Waals surface area contributed by atoms with E-state index in [-0.39, 0.29) is 6.04 Å². The Labute approximate surface area is 134 Å². The molecule has 4 heteroatoms. The average Bonchev–Trinajstić information content (AvgIpc) is 2.52. The van der Waals surface area contributed by atoms with Crippen molar-refractivity contribution in [3.05, 3.63) is 64.1 Å². The number of nitrogens with one attached hydrogen (secondary N) is 1. The van der Waals surface area contributed by atoms with Crippen molar-refractivity contribution in [1.29, 1.82) is 0 Å². The van der Waals surface area contributed by atoms with Crippen LogP contribution in [0.15, 0.2) is 53.0 Å². The second kappa shape index (κ2) is 7.59. The van der Waals surface area contributed by atoms with E-state index >= 15 is 0 Å². The van der Waals surface area contributed by atoms with Gasteiger partial charge in [-0.25, -0.2) is 0 Å². The molecule has 0 aliphatic heterocycles. The van der Waals surface area contributed by atoms with Crippen molar-refractivity contribution in [3.63, 3.8) is 0 Å². The fourth-order valence-corrected chi connectivity index (χ4v) is 2.82. The summed E-state index contributed by atoms with van der Waals surface area (Å²) < 4.78 is 6.25. The molecular formula is C17H20BrNO2. The number of aliphatic hydroxyl groups is 1. The topological polar surface area (TPSA) is 41.5 Å². The first-order chi connectivity index (χ1) is 10.1. The first kappa shape index (κ1) is 16.0. The lowest BCUT2D eigenvalue weighted by atomic mass is 10.1. The average molecular weight is 350 g/mol. The molecule has 0 saturated carbocycles. The summed E-state index contributed by atoms with van der Waals surface area (Å²) in [4.78, 5) is 0. The molecule has 0 saturated heterocycles. The molecular weight excluding hydrogens is 330 g/mol. The van der Waals surface area contributed by atoms with Crippen LogP contribution in [0, 0.1) is 0 Å². The summed E-state index contributed by atoms with van der Waals surface area (Å²) in [6, 6.07) is 15.8. The van der Waals surface area contributed by atoms with Crippen molar-refractivity contribution < 1.29 is 9.84 Å². The monoisotopic (exact) mass is 349 g/mol. The smallest absolute Gasteiger partial charge is 0.119 e. The molecule has 0 aliphatic rings. The number of hydrogen-bond donors (Lipinski definition) is 2. The number of aliphatic hydroxyl groups excluding tert-OH is 1. The summed E-state index contributed by atoms with van der Waals surface area (Å²) in [5.74, 6) is 0.755. The van der Waals surface area contributed by atoms with E-state index in [9.17, 15) is 5.11 Å². The third-order valence-corrected chi connectivity index (χ3v) is 4.19. The maximum Gasteiger partial charge on any atom is 0.119 e. The molecule has 2 rings (SSSR count). The maximum absolute atomic E-state index is 10.3. The van der Waals surface area contributed by atoms with E-state index in [1.807, 2.05) is 42.5 Å². The Morgan fingerprint density at radius 3 is 2.67 bits per heavy atom. The second-order valence-electron chi connectivity index (χ2n) is 4.94. The molecule has 2 N–H and O–H groups in total. The molecule has 0 aliphatic carbocycles. The molecule has 2 aromatic carbocycles. The third kappa shape index (κ3) is 4.30. The highest BCUT2D eigenvalue weighted by molar-refractivity contribution is 9.10. The summed E-state index contributed by atoms with van der Waals surface area (Å²) in [6.45, 7) is 2.56. The molecule has 21 heavy (non-hydrogen) atoms. The number of methoxy groups -OCH3 is 1. The van der Waals surface area contributed by atoms with E-state index < -0.39 is 6.10 Å². The van der Waals surface area contributed by atoms with Crippen molar-refractivity contribution >= 4 is 15.9 Å². The van der Waals surface area contributed by atoms with Crippen LogP contribution in [-0.4, -0.2) is 18.8 Å². The van der Waals surface area contributed by atoms with Crippen molar-refractivity contribution in [2.24, 2.45) is 0 Å². The molecule has 0 aromatic heterocycles. The van der Waals surface area contributed by atoms with Gasteiger partial charge in [0.05, 0.1) is 13.2 Å². The van der Waals surface area contributed by atoms with Gasteiger partial charge in [-0.3, -0.25) is 0 Å². The molecule has 0 fully saturated rings. The van der Waals surface area contributed by atoms with Gasteiger partial charge in [-0.2, -0.15) is 0 Å². The van der Waals surface area contributed by atoms with E-state index in [1.54, 1.807) is 7.11 Å². The van der Waals surface area contributed by atoms with E-state index in [4.69, 9.17) is 4.74 Å². The lowest BCUT2D eigenvalue weighted by molar-refractivity contribution is 0.170. The van der Waals surface area contributed by atoms with Crippen molar-refractivity contribution in [3.8, 4) is 5.75 Å². The van der Waals surface area contributed by atoms with Gasteiger partial charge >= 0.3 is 0 Å². The minimum atomic E-state index is -0.565. The zero-order valence-corrected chi connectivity index (χ0v) is 13.8. The Kier molecular flexibility index (Phi) is 5.79. The van der Waals surface area contributed by atoms with Gasteiger partial charge in [0, 0.05) is 17.1 Å². The highest BCUT2D eigenvalue weighted by atomic mass is 79.9. The first-order valence-electron chi connectivity index (χ1n) is 6.91. The van der Waals surface area contributed by atoms with Crippen LogP contribution in [0.3, 0.4) is 0 Å². The zero-order valence-electron chi connectivity index (χ0n) is 12.2. The predicted octanol–water partition coefficient (Wildman–Crippen LogP) is 3.84.